The lowest BCUT2D eigenvalue weighted by Gasteiger charge is -2.01. The Hall–Kier alpha value is -2.43. The fourth-order valence-corrected chi connectivity index (χ4v) is 1.39. The highest BCUT2D eigenvalue weighted by molar-refractivity contribution is 6.29. The standard InChI is InChI=1S/C13H13N3O2/c1-9(14-2)8-15-16-11-5-3-10-4-6-13(17)18-12(10)7-11/h3-8,16H,1-2H3/b14-9?,15-8-. The molecule has 0 aliphatic carbocycles. The Morgan fingerprint density at radius 2 is 2.11 bits per heavy atom. The molecule has 5 heteroatoms. The molecule has 0 aliphatic rings. The molecule has 2 rings (SSSR count). The summed E-state index contributed by atoms with van der Waals surface area (Å²) in [5, 5.41) is 4.89. The van der Waals surface area contributed by atoms with E-state index in [9.17, 15) is 4.79 Å². The molecule has 0 atom stereocenters. The molecule has 1 heterocycles. The average Bonchev–Trinajstić information content (AvgIpc) is 2.38. The molecule has 92 valence electrons. The number of anilines is 1. The molecule has 1 aromatic carbocycles. The molecule has 0 saturated heterocycles. The average molecular weight is 243 g/mol. The van der Waals surface area contributed by atoms with E-state index in [0.29, 0.717) is 5.58 Å². The number of aliphatic imine (C=N–C) groups is 1. The Balaban J connectivity index is 2.25. The summed E-state index contributed by atoms with van der Waals surface area (Å²) in [4.78, 5) is 15.1. The fourth-order valence-electron chi connectivity index (χ4n) is 1.39. The topological polar surface area (TPSA) is 67.0 Å². The first-order valence-corrected chi connectivity index (χ1v) is 5.45. The van der Waals surface area contributed by atoms with Gasteiger partial charge in [-0.25, -0.2) is 4.79 Å². The van der Waals surface area contributed by atoms with Gasteiger partial charge in [-0.15, -0.1) is 0 Å². The summed E-state index contributed by atoms with van der Waals surface area (Å²) >= 11 is 0. The molecule has 1 aromatic heterocycles. The number of benzene rings is 1. The molecule has 18 heavy (non-hydrogen) atoms. The van der Waals surface area contributed by atoms with Crippen molar-refractivity contribution in [2.75, 3.05) is 12.5 Å². The number of hydrogen-bond donors (Lipinski definition) is 1. The number of fused-ring (bicyclic) bond motifs is 1. The van der Waals surface area contributed by atoms with Crippen LogP contribution in [0.5, 0.6) is 0 Å². The molecular formula is C13H13N3O2. The first-order chi connectivity index (χ1) is 8.69. The first kappa shape index (κ1) is 12.0. The maximum Gasteiger partial charge on any atom is 0.336 e. The largest absolute Gasteiger partial charge is 0.423 e. The van der Waals surface area contributed by atoms with Crippen LogP contribution in [0.2, 0.25) is 0 Å². The minimum atomic E-state index is -0.364. The molecule has 0 radical (unpaired) electrons. The lowest BCUT2D eigenvalue weighted by Crippen LogP contribution is -1.97. The third kappa shape index (κ3) is 2.82. The van der Waals surface area contributed by atoms with E-state index in [1.165, 1.54) is 6.07 Å². The zero-order chi connectivity index (χ0) is 13.0. The summed E-state index contributed by atoms with van der Waals surface area (Å²) in [6.45, 7) is 1.85. The van der Waals surface area contributed by atoms with E-state index in [1.54, 1.807) is 25.4 Å². The Labute approximate surface area is 104 Å². The van der Waals surface area contributed by atoms with Crippen molar-refractivity contribution in [1.29, 1.82) is 0 Å². The quantitative estimate of drug-likeness (QED) is 0.511. The van der Waals surface area contributed by atoms with Crippen LogP contribution in [0.1, 0.15) is 6.92 Å². The molecule has 0 amide bonds. The zero-order valence-electron chi connectivity index (χ0n) is 10.2. The van der Waals surface area contributed by atoms with Crippen LogP contribution in [0.25, 0.3) is 11.0 Å². The summed E-state index contributed by atoms with van der Waals surface area (Å²) in [7, 11) is 1.70. The maximum absolute atomic E-state index is 11.1. The Bertz CT molecular complexity index is 671. The molecule has 0 saturated carbocycles. The van der Waals surface area contributed by atoms with Gasteiger partial charge in [-0.05, 0) is 25.1 Å². The molecule has 0 unspecified atom stereocenters. The van der Waals surface area contributed by atoms with Gasteiger partial charge < -0.3 is 4.42 Å². The molecule has 0 bridgehead atoms. The van der Waals surface area contributed by atoms with E-state index < -0.39 is 0 Å². The fraction of sp³-hybridized carbons (Fsp3) is 0.154. The van der Waals surface area contributed by atoms with Crippen LogP contribution in [-0.4, -0.2) is 19.0 Å². The van der Waals surface area contributed by atoms with Gasteiger partial charge >= 0.3 is 5.63 Å². The van der Waals surface area contributed by atoms with Crippen LogP contribution in [0.15, 0.2) is 49.6 Å². The predicted octanol–water partition coefficient (Wildman–Crippen LogP) is 2.28. The predicted molar refractivity (Wildman–Crippen MR) is 73.6 cm³/mol. The highest BCUT2D eigenvalue weighted by atomic mass is 16.4. The van der Waals surface area contributed by atoms with Gasteiger partial charge in [0.1, 0.15) is 5.58 Å². The van der Waals surface area contributed by atoms with Crippen LogP contribution in [0, 0.1) is 0 Å². The van der Waals surface area contributed by atoms with Crippen molar-refractivity contribution in [3.05, 3.63) is 40.8 Å². The van der Waals surface area contributed by atoms with Gasteiger partial charge in [0.05, 0.1) is 17.6 Å². The Kier molecular flexibility index (Phi) is 3.52. The number of hydrogen-bond acceptors (Lipinski definition) is 5. The number of nitrogens with one attached hydrogen (secondary N) is 1. The van der Waals surface area contributed by atoms with Gasteiger partial charge in [0.15, 0.2) is 0 Å². The monoisotopic (exact) mass is 243 g/mol. The summed E-state index contributed by atoms with van der Waals surface area (Å²) in [6.07, 6.45) is 1.62. The van der Waals surface area contributed by atoms with Crippen LogP contribution < -0.4 is 11.1 Å². The number of rotatable bonds is 3. The zero-order valence-corrected chi connectivity index (χ0v) is 10.2. The molecule has 0 aliphatic heterocycles. The summed E-state index contributed by atoms with van der Waals surface area (Å²) < 4.78 is 5.08. The normalized spacial score (nSPS) is 12.2. The SMILES string of the molecule is CN=C(C)/C=N\Nc1ccc2ccc(=O)oc2c1. The molecular weight excluding hydrogens is 230 g/mol. The minimum absolute atomic E-state index is 0.364. The minimum Gasteiger partial charge on any atom is -0.423 e. The second-order valence-electron chi connectivity index (χ2n) is 3.74. The lowest BCUT2D eigenvalue weighted by atomic mass is 10.2. The van der Waals surface area contributed by atoms with Crippen LogP contribution >= 0.6 is 0 Å². The molecule has 2 aromatic rings. The lowest BCUT2D eigenvalue weighted by molar-refractivity contribution is 0.561. The van der Waals surface area contributed by atoms with Crippen LogP contribution in [0.3, 0.4) is 0 Å². The molecule has 5 nitrogen and oxygen atoms in total. The van der Waals surface area contributed by atoms with Crippen molar-refractivity contribution in [1.82, 2.24) is 0 Å². The van der Waals surface area contributed by atoms with Crippen molar-refractivity contribution >= 4 is 28.6 Å². The second kappa shape index (κ2) is 5.27. The summed E-state index contributed by atoms with van der Waals surface area (Å²) in [5.74, 6) is 0. The van der Waals surface area contributed by atoms with Crippen molar-refractivity contribution in [2.24, 2.45) is 10.1 Å². The third-order valence-electron chi connectivity index (χ3n) is 2.42. The van der Waals surface area contributed by atoms with E-state index in [0.717, 1.165) is 16.8 Å². The second-order valence-corrected chi connectivity index (χ2v) is 3.74. The molecule has 1 N–H and O–H groups in total. The number of hydrazone groups is 1. The highest BCUT2D eigenvalue weighted by Gasteiger charge is 1.98. The maximum atomic E-state index is 11.1. The van der Waals surface area contributed by atoms with Crippen molar-refractivity contribution in [2.45, 2.75) is 6.92 Å². The van der Waals surface area contributed by atoms with Gasteiger partial charge in [0, 0.05) is 24.6 Å². The van der Waals surface area contributed by atoms with Gasteiger partial charge in [-0.3, -0.25) is 10.4 Å². The van der Waals surface area contributed by atoms with E-state index in [-0.39, 0.29) is 5.63 Å². The van der Waals surface area contributed by atoms with Gasteiger partial charge in [0.2, 0.25) is 0 Å². The van der Waals surface area contributed by atoms with Crippen molar-refractivity contribution in [3.8, 4) is 0 Å². The first-order valence-electron chi connectivity index (χ1n) is 5.45. The van der Waals surface area contributed by atoms with Crippen LogP contribution in [0.4, 0.5) is 5.69 Å². The number of nitrogens with zero attached hydrogens (tertiary/aromatic N) is 2. The van der Waals surface area contributed by atoms with Gasteiger partial charge in [-0.2, -0.15) is 5.10 Å². The van der Waals surface area contributed by atoms with Gasteiger partial charge in [-0.1, -0.05) is 0 Å². The summed E-state index contributed by atoms with van der Waals surface area (Å²) in [6, 6.07) is 8.57. The smallest absolute Gasteiger partial charge is 0.336 e. The van der Waals surface area contributed by atoms with E-state index in [1.807, 2.05) is 19.1 Å². The Morgan fingerprint density at radius 3 is 2.89 bits per heavy atom. The van der Waals surface area contributed by atoms with E-state index in [2.05, 4.69) is 15.5 Å². The van der Waals surface area contributed by atoms with E-state index >= 15 is 0 Å². The van der Waals surface area contributed by atoms with Gasteiger partial charge in [0.25, 0.3) is 0 Å². The van der Waals surface area contributed by atoms with E-state index in [4.69, 9.17) is 4.42 Å². The molecule has 0 fully saturated rings. The van der Waals surface area contributed by atoms with Crippen molar-refractivity contribution < 1.29 is 4.42 Å². The Morgan fingerprint density at radius 1 is 1.33 bits per heavy atom. The van der Waals surface area contributed by atoms with Crippen LogP contribution in [-0.2, 0) is 0 Å². The third-order valence-corrected chi connectivity index (χ3v) is 2.42. The molecule has 0 spiro atoms. The summed E-state index contributed by atoms with van der Waals surface area (Å²) in [5.41, 5.74) is 4.58. The highest BCUT2D eigenvalue weighted by Crippen LogP contribution is 2.17. The van der Waals surface area contributed by atoms with Crippen molar-refractivity contribution in [3.63, 3.8) is 0 Å².